The van der Waals surface area contributed by atoms with Crippen LogP contribution in [0.15, 0.2) is 103 Å². The van der Waals surface area contributed by atoms with Crippen LogP contribution < -0.4 is 5.32 Å². The average Bonchev–Trinajstić information content (AvgIpc) is 2.84. The van der Waals surface area contributed by atoms with Gasteiger partial charge in [-0.1, -0.05) is 55.7 Å². The van der Waals surface area contributed by atoms with Crippen LogP contribution in [0.1, 0.15) is 25.8 Å². The third-order valence-electron chi connectivity index (χ3n) is 4.62. The molecule has 0 aliphatic rings. The lowest BCUT2D eigenvalue weighted by Crippen LogP contribution is -2.30. The molecule has 2 rings (SSSR count). The highest BCUT2D eigenvalue weighted by Crippen LogP contribution is 2.21. The molecular weight excluding hydrogens is 428 g/mol. The maximum absolute atomic E-state index is 11.8. The first-order valence-corrected chi connectivity index (χ1v) is 10.8. The molecule has 0 saturated heterocycles. The van der Waals surface area contributed by atoms with Gasteiger partial charge in [0.2, 0.25) is 0 Å². The lowest BCUT2D eigenvalue weighted by Gasteiger charge is -2.15. The summed E-state index contributed by atoms with van der Waals surface area (Å²) in [4.78, 5) is 24.5. The van der Waals surface area contributed by atoms with Gasteiger partial charge in [-0.25, -0.2) is 14.8 Å². The largest absolute Gasteiger partial charge is 0.489 e. The zero-order chi connectivity index (χ0) is 24.8. The Balaban J connectivity index is 2.13. The van der Waals surface area contributed by atoms with Crippen molar-refractivity contribution in [3.63, 3.8) is 0 Å². The summed E-state index contributed by atoms with van der Waals surface area (Å²) in [5, 5.41) is 12.6. The highest BCUT2D eigenvalue weighted by molar-refractivity contribution is 5.78. The van der Waals surface area contributed by atoms with Gasteiger partial charge in [0.05, 0.1) is 5.69 Å². The zero-order valence-electron chi connectivity index (χ0n) is 19.5. The summed E-state index contributed by atoms with van der Waals surface area (Å²) in [6, 6.07) is 8.59. The van der Waals surface area contributed by atoms with Crippen molar-refractivity contribution in [1.29, 1.82) is 0 Å². The van der Waals surface area contributed by atoms with Crippen LogP contribution >= 0.6 is 0 Å². The van der Waals surface area contributed by atoms with Crippen molar-refractivity contribution in [1.82, 2.24) is 9.97 Å². The molecule has 7 heteroatoms. The van der Waals surface area contributed by atoms with Crippen LogP contribution in [0.25, 0.3) is 11.3 Å². The van der Waals surface area contributed by atoms with E-state index in [0.717, 1.165) is 11.1 Å². The molecule has 1 aromatic heterocycles. The SMILES string of the molecule is C=C/C=C(/CC(Nc1cc(-c2ccc(CO/C(C=C)=C/C=C\C)cc2)ncn1)C(=O)O)N=CC. The maximum Gasteiger partial charge on any atom is 0.326 e. The molecular formula is C27H30N4O3. The fraction of sp³-hybridized carbons (Fsp3) is 0.185. The van der Waals surface area contributed by atoms with Gasteiger partial charge in [-0.05, 0) is 37.6 Å². The fourth-order valence-electron chi connectivity index (χ4n) is 2.95. The van der Waals surface area contributed by atoms with Crippen molar-refractivity contribution < 1.29 is 14.6 Å². The van der Waals surface area contributed by atoms with E-state index in [-0.39, 0.29) is 6.42 Å². The number of aliphatic carboxylic acids is 1. The van der Waals surface area contributed by atoms with Crippen LogP contribution in [-0.4, -0.2) is 33.3 Å². The van der Waals surface area contributed by atoms with E-state index in [9.17, 15) is 9.90 Å². The average molecular weight is 459 g/mol. The van der Waals surface area contributed by atoms with Gasteiger partial charge in [0.15, 0.2) is 0 Å². The maximum atomic E-state index is 11.8. The van der Waals surface area contributed by atoms with E-state index in [1.54, 1.807) is 37.4 Å². The fourth-order valence-corrected chi connectivity index (χ4v) is 2.95. The minimum absolute atomic E-state index is 0.176. The van der Waals surface area contributed by atoms with E-state index in [0.29, 0.717) is 29.6 Å². The van der Waals surface area contributed by atoms with Gasteiger partial charge in [-0.2, -0.15) is 0 Å². The molecule has 2 N–H and O–H groups in total. The highest BCUT2D eigenvalue weighted by Gasteiger charge is 2.19. The van der Waals surface area contributed by atoms with E-state index in [2.05, 4.69) is 33.4 Å². The van der Waals surface area contributed by atoms with Gasteiger partial charge in [-0.3, -0.25) is 4.99 Å². The van der Waals surface area contributed by atoms with Crippen molar-refractivity contribution >= 4 is 18.0 Å². The Bertz CT molecular complexity index is 1100. The van der Waals surface area contributed by atoms with E-state index < -0.39 is 12.0 Å². The number of nitrogens with zero attached hydrogens (tertiary/aromatic N) is 3. The van der Waals surface area contributed by atoms with Crippen molar-refractivity contribution in [3.8, 4) is 11.3 Å². The van der Waals surface area contributed by atoms with Crippen LogP contribution in [-0.2, 0) is 16.1 Å². The molecule has 1 atom stereocenters. The molecule has 1 aromatic carbocycles. The number of benzene rings is 1. The van der Waals surface area contributed by atoms with E-state index in [1.165, 1.54) is 6.33 Å². The predicted molar refractivity (Wildman–Crippen MR) is 137 cm³/mol. The second kappa shape index (κ2) is 14.0. The number of rotatable bonds is 13. The number of nitrogens with one attached hydrogen (secondary N) is 1. The Morgan fingerprint density at radius 3 is 2.59 bits per heavy atom. The molecule has 34 heavy (non-hydrogen) atoms. The standard InChI is InChI=1S/C27H30N4O3/c1-5-9-11-23(7-3)34-18-20-12-14-21(15-13-20)24-17-26(30-19-29-24)31-25(27(32)33)16-22(10-6-2)28-8-4/h5-15,17,19,25H,2-3,16,18H2,1,4H3,(H,32,33)(H,29,30,31)/b9-5-,22-10-,23-11+,28-8?. The van der Waals surface area contributed by atoms with Gasteiger partial charge in [0.25, 0.3) is 0 Å². The van der Waals surface area contributed by atoms with E-state index >= 15 is 0 Å². The number of hydrogen-bond acceptors (Lipinski definition) is 6. The number of ether oxygens (including phenoxy) is 1. The lowest BCUT2D eigenvalue weighted by molar-refractivity contribution is -0.137. The molecule has 0 fully saturated rings. The molecule has 1 unspecified atom stereocenters. The molecule has 0 aliphatic carbocycles. The lowest BCUT2D eigenvalue weighted by atomic mass is 10.1. The number of hydrogen-bond donors (Lipinski definition) is 2. The second-order valence-electron chi connectivity index (χ2n) is 7.09. The number of carboxylic acid groups (broad SMARTS) is 1. The molecule has 0 aliphatic heterocycles. The Morgan fingerprint density at radius 2 is 1.97 bits per heavy atom. The summed E-state index contributed by atoms with van der Waals surface area (Å²) < 4.78 is 5.76. The number of allylic oxidation sites excluding steroid dienone is 6. The molecule has 176 valence electrons. The van der Waals surface area contributed by atoms with E-state index in [4.69, 9.17) is 4.74 Å². The number of carboxylic acids is 1. The Morgan fingerprint density at radius 1 is 1.21 bits per heavy atom. The second-order valence-corrected chi connectivity index (χ2v) is 7.09. The minimum atomic E-state index is -1.01. The molecule has 1 heterocycles. The summed E-state index contributed by atoms with van der Waals surface area (Å²) in [6.07, 6.45) is 13.8. The van der Waals surface area contributed by atoms with Crippen molar-refractivity contribution in [2.45, 2.75) is 32.9 Å². The Labute approximate surface area is 200 Å². The summed E-state index contributed by atoms with van der Waals surface area (Å²) >= 11 is 0. The molecule has 2 aromatic rings. The predicted octanol–water partition coefficient (Wildman–Crippen LogP) is 5.72. The molecule has 0 bridgehead atoms. The third kappa shape index (κ3) is 8.35. The molecule has 0 saturated carbocycles. The molecule has 0 amide bonds. The number of anilines is 1. The molecule has 7 nitrogen and oxygen atoms in total. The minimum Gasteiger partial charge on any atom is -0.489 e. The van der Waals surface area contributed by atoms with Gasteiger partial charge < -0.3 is 15.2 Å². The summed E-state index contributed by atoms with van der Waals surface area (Å²) in [5.41, 5.74) is 3.14. The smallest absolute Gasteiger partial charge is 0.326 e. The Kier molecular flexibility index (Phi) is 10.7. The van der Waals surface area contributed by atoms with Gasteiger partial charge in [0, 0.05) is 30.0 Å². The number of aromatic nitrogens is 2. The van der Waals surface area contributed by atoms with Crippen molar-refractivity contribution in [3.05, 3.63) is 103 Å². The van der Waals surface area contributed by atoms with E-state index in [1.807, 2.05) is 49.4 Å². The third-order valence-corrected chi connectivity index (χ3v) is 4.62. The van der Waals surface area contributed by atoms with Gasteiger partial charge in [0.1, 0.15) is 30.6 Å². The first-order valence-electron chi connectivity index (χ1n) is 10.8. The monoisotopic (exact) mass is 458 g/mol. The first kappa shape index (κ1) is 26.0. The first-order chi connectivity index (χ1) is 16.5. The van der Waals surface area contributed by atoms with Crippen LogP contribution in [0.2, 0.25) is 0 Å². The zero-order valence-corrected chi connectivity index (χ0v) is 19.5. The van der Waals surface area contributed by atoms with Crippen LogP contribution in [0.3, 0.4) is 0 Å². The van der Waals surface area contributed by atoms with Gasteiger partial charge in [-0.15, -0.1) is 0 Å². The van der Waals surface area contributed by atoms with Crippen LogP contribution in [0.4, 0.5) is 5.82 Å². The topological polar surface area (TPSA) is 96.7 Å². The summed E-state index contributed by atoms with van der Waals surface area (Å²) in [7, 11) is 0. The number of aliphatic imine (C=N–C) groups is 1. The van der Waals surface area contributed by atoms with Gasteiger partial charge >= 0.3 is 5.97 Å². The van der Waals surface area contributed by atoms with Crippen molar-refractivity contribution in [2.24, 2.45) is 4.99 Å². The van der Waals surface area contributed by atoms with Crippen LogP contribution in [0, 0.1) is 0 Å². The summed E-state index contributed by atoms with van der Waals surface area (Å²) in [6.45, 7) is 11.5. The highest BCUT2D eigenvalue weighted by atomic mass is 16.5. The molecule has 0 radical (unpaired) electrons. The quantitative estimate of drug-likeness (QED) is 0.226. The normalized spacial score (nSPS) is 13.1. The Hall–Kier alpha value is -4.26. The summed E-state index contributed by atoms with van der Waals surface area (Å²) in [5.74, 6) is 0.0959. The molecule has 0 spiro atoms. The van der Waals surface area contributed by atoms with Crippen molar-refractivity contribution in [2.75, 3.05) is 5.32 Å². The van der Waals surface area contributed by atoms with Crippen LogP contribution in [0.5, 0.6) is 0 Å². The number of carbonyl (C=O) groups is 1.